The number of carbonyl (C=O) groups excluding carboxylic acids is 3. The first kappa shape index (κ1) is 16.9. The topological polar surface area (TPSA) is 79.4 Å². The smallest absolute Gasteiger partial charge is 0.261 e. The van der Waals surface area contributed by atoms with Gasteiger partial charge in [-0.1, -0.05) is 24.3 Å². The monoisotopic (exact) mass is 359 g/mol. The minimum atomic E-state index is -0.383. The van der Waals surface area contributed by atoms with Crippen molar-refractivity contribution in [3.63, 3.8) is 0 Å². The highest BCUT2D eigenvalue weighted by Gasteiger charge is 2.33. The van der Waals surface area contributed by atoms with E-state index in [1.54, 1.807) is 12.3 Å². The fourth-order valence-electron chi connectivity index (χ4n) is 3.28. The second-order valence-corrected chi connectivity index (χ2v) is 6.43. The van der Waals surface area contributed by atoms with Crippen molar-refractivity contribution in [2.75, 3.05) is 13.6 Å². The maximum absolute atomic E-state index is 12.4. The fraction of sp³-hybridized carbons (Fsp3) is 0.143. The number of imide groups is 1. The second kappa shape index (κ2) is 6.64. The normalized spacial score (nSPS) is 13.1. The molecule has 27 heavy (non-hydrogen) atoms. The average molecular weight is 359 g/mol. The first-order valence-corrected chi connectivity index (χ1v) is 8.63. The molecule has 1 aliphatic heterocycles. The number of benzene rings is 2. The molecule has 134 valence electrons. The molecule has 1 N–H and O–H groups in total. The number of aromatic nitrogens is 1. The third-order valence-corrected chi connectivity index (χ3v) is 4.75. The number of carbonyl (C=O) groups is 3. The number of amides is 3. The number of fused-ring (bicyclic) bond motifs is 2. The zero-order valence-electron chi connectivity index (χ0n) is 14.7. The highest BCUT2D eigenvalue weighted by Crippen LogP contribution is 2.22. The number of nitrogens with one attached hydrogen (secondary N) is 1. The van der Waals surface area contributed by atoms with Crippen LogP contribution in [0.1, 0.15) is 36.6 Å². The van der Waals surface area contributed by atoms with Gasteiger partial charge in [0, 0.05) is 30.7 Å². The van der Waals surface area contributed by atoms with Crippen molar-refractivity contribution in [1.82, 2.24) is 15.2 Å². The number of pyridine rings is 1. The SMILES string of the molecule is CN1C(=O)c2ccc(C(=O)NCCc3cccc4cccnc34)cc2C1=O. The van der Waals surface area contributed by atoms with Crippen LogP contribution in [0.5, 0.6) is 0 Å². The third kappa shape index (κ3) is 2.95. The molecule has 0 fully saturated rings. The Morgan fingerprint density at radius 2 is 1.81 bits per heavy atom. The predicted octanol–water partition coefficient (Wildman–Crippen LogP) is 2.43. The molecule has 6 heteroatoms. The van der Waals surface area contributed by atoms with E-state index in [-0.39, 0.29) is 23.3 Å². The summed E-state index contributed by atoms with van der Waals surface area (Å²) in [4.78, 5) is 41.9. The van der Waals surface area contributed by atoms with Gasteiger partial charge >= 0.3 is 0 Å². The zero-order valence-corrected chi connectivity index (χ0v) is 14.7. The van der Waals surface area contributed by atoms with Crippen molar-refractivity contribution in [1.29, 1.82) is 0 Å². The van der Waals surface area contributed by atoms with Crippen molar-refractivity contribution in [3.8, 4) is 0 Å². The summed E-state index contributed by atoms with van der Waals surface area (Å²) in [5, 5.41) is 3.93. The highest BCUT2D eigenvalue weighted by molar-refractivity contribution is 6.21. The maximum atomic E-state index is 12.4. The Hall–Kier alpha value is -3.54. The van der Waals surface area contributed by atoms with E-state index in [1.165, 1.54) is 19.2 Å². The van der Waals surface area contributed by atoms with E-state index in [2.05, 4.69) is 10.3 Å². The van der Waals surface area contributed by atoms with Gasteiger partial charge in [0.1, 0.15) is 0 Å². The zero-order chi connectivity index (χ0) is 19.0. The number of rotatable bonds is 4. The molecule has 0 radical (unpaired) electrons. The van der Waals surface area contributed by atoms with Crippen LogP contribution in [0.25, 0.3) is 10.9 Å². The Balaban J connectivity index is 1.46. The lowest BCUT2D eigenvalue weighted by molar-refractivity contribution is 0.0693. The molecule has 0 atom stereocenters. The molecular weight excluding hydrogens is 342 g/mol. The Kier molecular flexibility index (Phi) is 4.16. The van der Waals surface area contributed by atoms with Crippen LogP contribution in [0.2, 0.25) is 0 Å². The van der Waals surface area contributed by atoms with Gasteiger partial charge in [-0.2, -0.15) is 0 Å². The number of para-hydroxylation sites is 1. The van der Waals surface area contributed by atoms with Gasteiger partial charge in [-0.15, -0.1) is 0 Å². The van der Waals surface area contributed by atoms with Crippen LogP contribution < -0.4 is 5.32 Å². The van der Waals surface area contributed by atoms with Gasteiger partial charge in [-0.05, 0) is 36.2 Å². The molecule has 4 rings (SSSR count). The van der Waals surface area contributed by atoms with Gasteiger partial charge in [-0.25, -0.2) is 0 Å². The van der Waals surface area contributed by atoms with Crippen molar-refractivity contribution in [2.24, 2.45) is 0 Å². The largest absolute Gasteiger partial charge is 0.352 e. The van der Waals surface area contributed by atoms with Gasteiger partial charge in [0.05, 0.1) is 16.6 Å². The molecular formula is C21H17N3O3. The number of hydrogen-bond donors (Lipinski definition) is 1. The van der Waals surface area contributed by atoms with Gasteiger partial charge in [0.25, 0.3) is 17.7 Å². The molecule has 0 unspecified atom stereocenters. The summed E-state index contributed by atoms with van der Waals surface area (Å²) in [6.07, 6.45) is 2.40. The van der Waals surface area contributed by atoms with Crippen LogP contribution >= 0.6 is 0 Å². The van der Waals surface area contributed by atoms with Crippen LogP contribution in [0.3, 0.4) is 0 Å². The van der Waals surface area contributed by atoms with Gasteiger partial charge in [-0.3, -0.25) is 24.3 Å². The summed E-state index contributed by atoms with van der Waals surface area (Å²) in [5.74, 6) is -1.00. The standard InChI is InChI=1S/C21H17N3O3/c1-24-20(26)16-8-7-15(12-17(16)21(24)27)19(25)23-11-9-14-5-2-4-13-6-3-10-22-18(13)14/h2-8,10,12H,9,11H2,1H3,(H,23,25). The number of nitrogens with zero attached hydrogens (tertiary/aromatic N) is 2. The minimum Gasteiger partial charge on any atom is -0.352 e. The van der Waals surface area contributed by atoms with Crippen LogP contribution in [0.4, 0.5) is 0 Å². The lowest BCUT2D eigenvalue weighted by atomic mass is 10.0. The summed E-state index contributed by atoms with van der Waals surface area (Å²) >= 11 is 0. The molecule has 0 aliphatic carbocycles. The van der Waals surface area contributed by atoms with Crippen LogP contribution in [0.15, 0.2) is 54.7 Å². The Labute approximate surface area is 155 Å². The summed E-state index contributed by atoms with van der Waals surface area (Å²) < 4.78 is 0. The quantitative estimate of drug-likeness (QED) is 0.726. The van der Waals surface area contributed by atoms with Gasteiger partial charge < -0.3 is 5.32 Å². The van der Waals surface area contributed by atoms with E-state index < -0.39 is 0 Å². The average Bonchev–Trinajstić information content (AvgIpc) is 2.92. The van der Waals surface area contributed by atoms with Crippen LogP contribution in [-0.2, 0) is 6.42 Å². The molecule has 2 aromatic carbocycles. The van der Waals surface area contributed by atoms with Crippen LogP contribution in [0, 0.1) is 0 Å². The Morgan fingerprint density at radius 1 is 1.04 bits per heavy atom. The Morgan fingerprint density at radius 3 is 2.67 bits per heavy atom. The lowest BCUT2D eigenvalue weighted by Crippen LogP contribution is -2.26. The van der Waals surface area contributed by atoms with E-state index in [0.29, 0.717) is 24.1 Å². The molecule has 6 nitrogen and oxygen atoms in total. The first-order valence-electron chi connectivity index (χ1n) is 8.63. The third-order valence-electron chi connectivity index (χ3n) is 4.75. The summed E-state index contributed by atoms with van der Waals surface area (Å²) in [6, 6.07) is 14.5. The predicted molar refractivity (Wildman–Crippen MR) is 101 cm³/mol. The van der Waals surface area contributed by atoms with E-state index in [9.17, 15) is 14.4 Å². The molecule has 0 bridgehead atoms. The molecule has 0 saturated carbocycles. The summed E-state index contributed by atoms with van der Waals surface area (Å²) in [7, 11) is 1.43. The lowest BCUT2D eigenvalue weighted by Gasteiger charge is -2.08. The fourth-order valence-corrected chi connectivity index (χ4v) is 3.28. The molecule has 0 spiro atoms. The van der Waals surface area contributed by atoms with Gasteiger partial charge in [0.15, 0.2) is 0 Å². The Bertz CT molecular complexity index is 1090. The van der Waals surface area contributed by atoms with Gasteiger partial charge in [0.2, 0.25) is 0 Å². The van der Waals surface area contributed by atoms with Crippen molar-refractivity contribution in [2.45, 2.75) is 6.42 Å². The highest BCUT2D eigenvalue weighted by atomic mass is 16.2. The molecule has 3 amide bonds. The van der Waals surface area contributed by atoms with Crippen molar-refractivity contribution in [3.05, 3.63) is 77.0 Å². The minimum absolute atomic E-state index is 0.272. The molecule has 0 saturated heterocycles. The van der Waals surface area contributed by atoms with Crippen molar-refractivity contribution < 1.29 is 14.4 Å². The molecule has 1 aliphatic rings. The van der Waals surface area contributed by atoms with Crippen molar-refractivity contribution >= 4 is 28.6 Å². The van der Waals surface area contributed by atoms with Crippen LogP contribution in [-0.4, -0.2) is 41.2 Å². The summed E-state index contributed by atoms with van der Waals surface area (Å²) in [6.45, 7) is 0.443. The number of hydrogen-bond acceptors (Lipinski definition) is 4. The van der Waals surface area contributed by atoms with E-state index in [4.69, 9.17) is 0 Å². The summed E-state index contributed by atoms with van der Waals surface area (Å²) in [5.41, 5.74) is 2.96. The molecule has 2 heterocycles. The molecule has 3 aromatic rings. The van der Waals surface area contributed by atoms with E-state index in [1.807, 2.05) is 30.3 Å². The maximum Gasteiger partial charge on any atom is 0.261 e. The van der Waals surface area contributed by atoms with E-state index in [0.717, 1.165) is 21.4 Å². The second-order valence-electron chi connectivity index (χ2n) is 6.43. The molecule has 1 aromatic heterocycles. The van der Waals surface area contributed by atoms with E-state index >= 15 is 0 Å². The first-order chi connectivity index (χ1) is 13.1.